The third-order valence-electron chi connectivity index (χ3n) is 5.63. The Morgan fingerprint density at radius 3 is 1.23 bits per heavy atom. The van der Waals surface area contributed by atoms with Crippen LogP contribution in [0.3, 0.4) is 0 Å². The monoisotopic (exact) mass is 530 g/mol. The maximum absolute atomic E-state index is 13.5. The Balaban J connectivity index is 2.35. The van der Waals surface area contributed by atoms with Crippen molar-refractivity contribution in [2.75, 3.05) is 26.8 Å². The molecule has 0 fully saturated rings. The van der Waals surface area contributed by atoms with Crippen molar-refractivity contribution in [1.29, 1.82) is 0 Å². The van der Waals surface area contributed by atoms with E-state index in [1.165, 1.54) is 24.3 Å². The van der Waals surface area contributed by atoms with Gasteiger partial charge in [0.15, 0.2) is 5.08 Å². The van der Waals surface area contributed by atoms with Gasteiger partial charge in [-0.3, -0.25) is 8.61 Å². The minimum Gasteiger partial charge on any atom is -0.269 e. The number of nitrogens with zero attached hydrogens (tertiary/aromatic N) is 2. The lowest BCUT2D eigenvalue weighted by Crippen LogP contribution is -2.42. The normalized spacial score (nSPS) is 12.0. The van der Waals surface area contributed by atoms with Crippen molar-refractivity contribution in [1.82, 2.24) is 0 Å². The fraction of sp³-hybridized carbons (Fsp3) is 0.520. The number of anilines is 2. The number of hydrogen-bond acceptors (Lipinski definition) is 4. The van der Waals surface area contributed by atoms with Crippen molar-refractivity contribution >= 4 is 31.4 Å². The summed E-state index contributed by atoms with van der Waals surface area (Å²) in [6.07, 6.45) is 6.43. The minimum atomic E-state index is -4.32. The van der Waals surface area contributed by atoms with Crippen molar-refractivity contribution in [3.63, 3.8) is 0 Å². The largest absolute Gasteiger partial charge is 0.269 e. The summed E-state index contributed by atoms with van der Waals surface area (Å²) in [6.45, 7) is 4.25. The van der Waals surface area contributed by atoms with Crippen LogP contribution < -0.4 is 8.61 Å². The Morgan fingerprint density at radius 2 is 0.914 bits per heavy atom. The zero-order valence-electron chi connectivity index (χ0n) is 20.5. The van der Waals surface area contributed by atoms with Crippen LogP contribution in [0.15, 0.2) is 48.5 Å². The van der Waals surface area contributed by atoms with Gasteiger partial charge in [0.25, 0.3) is 20.0 Å². The molecule has 0 aromatic heterocycles. The molecule has 0 unspecified atom stereocenters. The van der Waals surface area contributed by atoms with E-state index in [1.807, 2.05) is 13.8 Å². The molecule has 10 heteroatoms. The Hall–Kier alpha value is -2.20. The van der Waals surface area contributed by atoms with Crippen LogP contribution in [0, 0.1) is 11.6 Å². The maximum Gasteiger partial charge on any atom is 0.251 e. The van der Waals surface area contributed by atoms with Gasteiger partial charge in [0.1, 0.15) is 11.6 Å². The van der Waals surface area contributed by atoms with Gasteiger partial charge in [-0.15, -0.1) is 0 Å². The smallest absolute Gasteiger partial charge is 0.251 e. The number of halogens is 2. The highest BCUT2D eigenvalue weighted by Gasteiger charge is 2.33. The first-order valence-electron chi connectivity index (χ1n) is 12.1. The lowest BCUT2D eigenvalue weighted by atomic mass is 10.2. The molecule has 0 atom stereocenters. The Kier molecular flexibility index (Phi) is 11.4. The summed E-state index contributed by atoms with van der Waals surface area (Å²) in [4.78, 5) is 0. The van der Waals surface area contributed by atoms with Crippen LogP contribution in [0.4, 0.5) is 20.2 Å². The first-order valence-corrected chi connectivity index (χ1v) is 15.3. The topological polar surface area (TPSA) is 74.8 Å². The summed E-state index contributed by atoms with van der Waals surface area (Å²) < 4.78 is 82.8. The van der Waals surface area contributed by atoms with Crippen LogP contribution in [0.1, 0.15) is 65.2 Å². The van der Waals surface area contributed by atoms with Crippen molar-refractivity contribution in [3.05, 3.63) is 60.2 Å². The number of unbranched alkanes of at least 4 members (excludes halogenated alkanes) is 6. The summed E-state index contributed by atoms with van der Waals surface area (Å²) in [7, 11) is -8.64. The van der Waals surface area contributed by atoms with E-state index in [0.717, 1.165) is 71.4 Å². The highest BCUT2D eigenvalue weighted by molar-refractivity contribution is 8.09. The van der Waals surface area contributed by atoms with Gasteiger partial charge in [0.2, 0.25) is 0 Å². The average Bonchev–Trinajstić information content (AvgIpc) is 2.80. The van der Waals surface area contributed by atoms with E-state index in [-0.39, 0.29) is 24.5 Å². The highest BCUT2D eigenvalue weighted by Crippen LogP contribution is 2.25. The van der Waals surface area contributed by atoms with Crippen LogP contribution in [0.2, 0.25) is 0 Å². The quantitative estimate of drug-likeness (QED) is 0.248. The maximum atomic E-state index is 13.5. The Bertz CT molecular complexity index is 1020. The van der Waals surface area contributed by atoms with Crippen molar-refractivity contribution in [3.8, 4) is 0 Å². The minimum absolute atomic E-state index is 0.0938. The van der Waals surface area contributed by atoms with Gasteiger partial charge in [0, 0.05) is 13.1 Å². The molecule has 0 saturated carbocycles. The summed E-state index contributed by atoms with van der Waals surface area (Å²) in [5.41, 5.74) is 0.434. The predicted molar refractivity (Wildman–Crippen MR) is 138 cm³/mol. The first-order chi connectivity index (χ1) is 16.6. The summed E-state index contributed by atoms with van der Waals surface area (Å²) in [5, 5.41) is -1.14. The molecule has 0 aliphatic carbocycles. The Labute approximate surface area is 209 Å². The Morgan fingerprint density at radius 1 is 0.571 bits per heavy atom. The first kappa shape index (κ1) is 29.0. The molecule has 196 valence electrons. The number of hydrogen-bond donors (Lipinski definition) is 0. The fourth-order valence-electron chi connectivity index (χ4n) is 3.75. The molecule has 0 aliphatic rings. The van der Waals surface area contributed by atoms with Crippen LogP contribution in [0.5, 0.6) is 0 Å². The van der Waals surface area contributed by atoms with Gasteiger partial charge in [0.05, 0.1) is 11.4 Å². The standard InChI is InChI=1S/C25H36F2N2O4S2/c1-3-5-7-9-19-28(24-15-11-22(26)12-16-24)34(30,31)21-35(32,33)29(20-10-8-6-4-2)25-17-13-23(27)14-18-25/h11-18H,3-10,19-21H2,1-2H3. The fourth-order valence-corrected chi connectivity index (χ4v) is 7.98. The van der Waals surface area contributed by atoms with Crippen LogP contribution in [-0.4, -0.2) is 35.0 Å². The summed E-state index contributed by atoms with van der Waals surface area (Å²) in [6, 6.07) is 9.94. The van der Waals surface area contributed by atoms with Gasteiger partial charge in [-0.05, 0) is 61.4 Å². The highest BCUT2D eigenvalue weighted by atomic mass is 32.3. The van der Waals surface area contributed by atoms with Crippen LogP contribution in [-0.2, 0) is 20.0 Å². The summed E-state index contributed by atoms with van der Waals surface area (Å²) in [5.74, 6) is -1.03. The van der Waals surface area contributed by atoms with E-state index < -0.39 is 36.8 Å². The summed E-state index contributed by atoms with van der Waals surface area (Å²) >= 11 is 0. The van der Waals surface area contributed by atoms with E-state index >= 15 is 0 Å². The number of sulfonamides is 2. The molecule has 35 heavy (non-hydrogen) atoms. The molecular weight excluding hydrogens is 494 g/mol. The third-order valence-corrected chi connectivity index (χ3v) is 10.1. The van der Waals surface area contributed by atoms with E-state index in [9.17, 15) is 25.6 Å². The predicted octanol–water partition coefficient (Wildman–Crippen LogP) is 6.06. The second-order valence-corrected chi connectivity index (χ2v) is 12.7. The molecule has 0 aliphatic heterocycles. The van der Waals surface area contributed by atoms with Gasteiger partial charge >= 0.3 is 0 Å². The van der Waals surface area contributed by atoms with Gasteiger partial charge in [-0.1, -0.05) is 52.4 Å². The molecule has 0 N–H and O–H groups in total. The van der Waals surface area contributed by atoms with Gasteiger partial charge in [-0.2, -0.15) is 0 Å². The average molecular weight is 531 g/mol. The molecule has 0 amide bonds. The molecular formula is C25H36F2N2O4S2. The molecule has 0 spiro atoms. The zero-order chi connectivity index (χ0) is 25.9. The molecule has 2 rings (SSSR count). The number of rotatable bonds is 16. The van der Waals surface area contributed by atoms with Crippen molar-refractivity contribution in [2.24, 2.45) is 0 Å². The van der Waals surface area contributed by atoms with Gasteiger partial charge in [-0.25, -0.2) is 25.6 Å². The second-order valence-electron chi connectivity index (χ2n) is 8.56. The molecule has 6 nitrogen and oxygen atoms in total. The SMILES string of the molecule is CCCCCCN(c1ccc(F)cc1)S(=O)(=O)CS(=O)(=O)N(CCCCCC)c1ccc(F)cc1. The van der Waals surface area contributed by atoms with Gasteiger partial charge < -0.3 is 0 Å². The van der Waals surface area contributed by atoms with Crippen molar-refractivity contribution in [2.45, 2.75) is 65.2 Å². The zero-order valence-corrected chi connectivity index (χ0v) is 22.1. The molecule has 0 bridgehead atoms. The van der Waals surface area contributed by atoms with E-state index in [1.54, 1.807) is 0 Å². The molecule has 0 radical (unpaired) electrons. The lowest BCUT2D eigenvalue weighted by Gasteiger charge is -2.28. The number of benzene rings is 2. The molecule has 2 aromatic rings. The van der Waals surface area contributed by atoms with Crippen LogP contribution in [0.25, 0.3) is 0 Å². The third kappa shape index (κ3) is 9.07. The van der Waals surface area contributed by atoms with E-state index in [4.69, 9.17) is 0 Å². The van der Waals surface area contributed by atoms with E-state index in [0.29, 0.717) is 12.8 Å². The van der Waals surface area contributed by atoms with Crippen molar-refractivity contribution < 1.29 is 25.6 Å². The molecule has 0 saturated heterocycles. The van der Waals surface area contributed by atoms with Crippen LogP contribution >= 0.6 is 0 Å². The van der Waals surface area contributed by atoms with E-state index in [2.05, 4.69) is 0 Å². The lowest BCUT2D eigenvalue weighted by molar-refractivity contribution is 0.577. The second kappa shape index (κ2) is 13.8. The molecule has 0 heterocycles. The molecule has 2 aromatic carbocycles.